The molecule has 2 aliphatic carbocycles. The Morgan fingerprint density at radius 2 is 0.870 bits per heavy atom. The van der Waals surface area contributed by atoms with Gasteiger partial charge in [-0.2, -0.15) is 0 Å². The predicted molar refractivity (Wildman–Crippen MR) is 98.7 cm³/mol. The van der Waals surface area contributed by atoms with Gasteiger partial charge in [-0.25, -0.2) is 0 Å². The van der Waals surface area contributed by atoms with Gasteiger partial charge in [0.25, 0.3) is 0 Å². The number of hydrogen-bond donors (Lipinski definition) is 0. The van der Waals surface area contributed by atoms with Gasteiger partial charge in [-0.3, -0.25) is 0 Å². The van der Waals surface area contributed by atoms with Crippen molar-refractivity contribution in [3.8, 4) is 0 Å². The molecule has 3 rings (SSSR count). The van der Waals surface area contributed by atoms with Crippen molar-refractivity contribution in [1.82, 2.24) is 9.80 Å². The minimum atomic E-state index is 0.737. The van der Waals surface area contributed by atoms with Crippen LogP contribution in [0.1, 0.15) is 67.2 Å². The molecule has 2 heteroatoms. The summed E-state index contributed by atoms with van der Waals surface area (Å²) in [7, 11) is 0. The van der Waals surface area contributed by atoms with Crippen LogP contribution in [0.15, 0.2) is 12.4 Å². The predicted octanol–water partition coefficient (Wildman–Crippen LogP) is 5.17. The maximum atomic E-state index is 2.67. The van der Waals surface area contributed by atoms with Crippen LogP contribution in [0.3, 0.4) is 0 Å². The van der Waals surface area contributed by atoms with Crippen molar-refractivity contribution in [1.29, 1.82) is 0 Å². The molecule has 0 bridgehead atoms. The van der Waals surface area contributed by atoms with E-state index in [4.69, 9.17) is 0 Å². The van der Waals surface area contributed by atoms with Gasteiger partial charge in [0.15, 0.2) is 0 Å². The molecule has 0 saturated heterocycles. The van der Waals surface area contributed by atoms with Gasteiger partial charge in [0.1, 0.15) is 0 Å². The van der Waals surface area contributed by atoms with Gasteiger partial charge in [0, 0.05) is 24.5 Å². The summed E-state index contributed by atoms with van der Waals surface area (Å²) < 4.78 is 0. The fourth-order valence-electron chi connectivity index (χ4n) is 6.56. The topological polar surface area (TPSA) is 6.48 Å². The summed E-state index contributed by atoms with van der Waals surface area (Å²) in [4.78, 5) is 5.33. The fourth-order valence-corrected chi connectivity index (χ4v) is 6.56. The molecule has 0 aromatic carbocycles. The lowest BCUT2D eigenvalue weighted by molar-refractivity contribution is 0.0292. The van der Waals surface area contributed by atoms with Crippen LogP contribution in [-0.2, 0) is 0 Å². The summed E-state index contributed by atoms with van der Waals surface area (Å²) in [6.45, 7) is 15.9. The SMILES string of the molecule is CC1CC(C)C(N2C=CN(C3C(C)CC(C)C[C@@H]3C)C2)[C@H](C)C1. The second-order valence-electron chi connectivity index (χ2n) is 9.51. The Labute approximate surface area is 144 Å². The fraction of sp³-hybridized carbons (Fsp3) is 0.905. The Hall–Kier alpha value is -0.660. The van der Waals surface area contributed by atoms with E-state index in [-0.39, 0.29) is 0 Å². The molecular weight excluding hydrogens is 280 g/mol. The molecule has 132 valence electrons. The second-order valence-corrected chi connectivity index (χ2v) is 9.51. The van der Waals surface area contributed by atoms with Crippen LogP contribution >= 0.6 is 0 Å². The maximum Gasteiger partial charge on any atom is 0.0899 e. The van der Waals surface area contributed by atoms with E-state index in [2.05, 4.69) is 63.7 Å². The highest BCUT2D eigenvalue weighted by atomic mass is 15.4. The van der Waals surface area contributed by atoms with Gasteiger partial charge in [-0.05, 0) is 61.2 Å². The number of rotatable bonds is 2. The maximum absolute atomic E-state index is 2.67. The molecule has 23 heavy (non-hydrogen) atoms. The summed E-state index contributed by atoms with van der Waals surface area (Å²) in [6.07, 6.45) is 10.4. The van der Waals surface area contributed by atoms with Crippen molar-refractivity contribution < 1.29 is 0 Å². The van der Waals surface area contributed by atoms with Crippen LogP contribution in [0.2, 0.25) is 0 Å². The Kier molecular flexibility index (Phi) is 4.99. The second kappa shape index (κ2) is 6.69. The quantitative estimate of drug-likeness (QED) is 0.692. The molecule has 1 heterocycles. The Morgan fingerprint density at radius 3 is 1.17 bits per heavy atom. The number of nitrogens with zero attached hydrogens (tertiary/aromatic N) is 2. The molecule has 6 unspecified atom stereocenters. The molecule has 2 saturated carbocycles. The molecule has 1 aliphatic heterocycles. The highest BCUT2D eigenvalue weighted by Gasteiger charge is 2.40. The molecule has 2 fully saturated rings. The standard InChI is InChI=1S/C21H38N2/c1-14-9-16(3)20(17(4)10-14)22-7-8-23(13-22)21-18(5)11-15(2)12-19(21)6/h7-8,14-21H,9-13H2,1-6H3/t14?,15?,16-,17?,18+,19?,20?,21?. The molecule has 0 aromatic rings. The third kappa shape index (κ3) is 3.42. The van der Waals surface area contributed by atoms with Crippen LogP contribution in [0.5, 0.6) is 0 Å². The van der Waals surface area contributed by atoms with Crippen LogP contribution < -0.4 is 0 Å². The van der Waals surface area contributed by atoms with Crippen LogP contribution in [0.25, 0.3) is 0 Å². The van der Waals surface area contributed by atoms with Crippen LogP contribution in [0, 0.1) is 35.5 Å². The van der Waals surface area contributed by atoms with E-state index in [9.17, 15) is 0 Å². The van der Waals surface area contributed by atoms with Gasteiger partial charge in [0.05, 0.1) is 6.67 Å². The van der Waals surface area contributed by atoms with Crippen molar-refractivity contribution >= 4 is 0 Å². The molecule has 3 aliphatic rings. The average molecular weight is 319 g/mol. The largest absolute Gasteiger partial charge is 0.355 e. The smallest absolute Gasteiger partial charge is 0.0899 e. The average Bonchev–Trinajstić information content (AvgIpc) is 2.85. The zero-order valence-electron chi connectivity index (χ0n) is 16.2. The van der Waals surface area contributed by atoms with Gasteiger partial charge in [0.2, 0.25) is 0 Å². The van der Waals surface area contributed by atoms with Crippen molar-refractivity contribution in [2.75, 3.05) is 6.67 Å². The van der Waals surface area contributed by atoms with E-state index in [0.29, 0.717) is 0 Å². The van der Waals surface area contributed by atoms with Crippen LogP contribution in [0.4, 0.5) is 0 Å². The molecule has 0 N–H and O–H groups in total. The van der Waals surface area contributed by atoms with E-state index in [0.717, 1.165) is 54.3 Å². The van der Waals surface area contributed by atoms with Gasteiger partial charge >= 0.3 is 0 Å². The molecule has 0 spiro atoms. The summed E-state index contributed by atoms with van der Waals surface area (Å²) in [5.74, 6) is 5.08. The summed E-state index contributed by atoms with van der Waals surface area (Å²) in [6, 6.07) is 1.47. The lowest BCUT2D eigenvalue weighted by atomic mass is 9.73. The minimum absolute atomic E-state index is 0.737. The van der Waals surface area contributed by atoms with E-state index in [1.165, 1.54) is 25.7 Å². The molecule has 0 aromatic heterocycles. The summed E-state index contributed by atoms with van der Waals surface area (Å²) in [5.41, 5.74) is 0. The van der Waals surface area contributed by atoms with Gasteiger partial charge in [-0.15, -0.1) is 0 Å². The minimum Gasteiger partial charge on any atom is -0.355 e. The highest BCUT2D eigenvalue weighted by molar-refractivity contribution is 5.02. The zero-order valence-corrected chi connectivity index (χ0v) is 16.2. The molecule has 8 atom stereocenters. The molecular formula is C21H38N2. The van der Waals surface area contributed by atoms with Crippen molar-refractivity contribution in [2.45, 2.75) is 79.3 Å². The lowest BCUT2D eigenvalue weighted by Gasteiger charge is -2.46. The Bertz CT molecular complexity index is 370. The first-order chi connectivity index (χ1) is 10.9. The zero-order chi connectivity index (χ0) is 16.7. The van der Waals surface area contributed by atoms with Gasteiger partial charge < -0.3 is 9.80 Å². The first-order valence-corrected chi connectivity index (χ1v) is 10.1. The monoisotopic (exact) mass is 318 g/mol. The Morgan fingerprint density at radius 1 is 0.565 bits per heavy atom. The summed E-state index contributed by atoms with van der Waals surface area (Å²) in [5, 5.41) is 0. The van der Waals surface area contributed by atoms with Crippen molar-refractivity contribution in [3.05, 3.63) is 12.4 Å². The number of hydrogen-bond acceptors (Lipinski definition) is 2. The lowest BCUT2D eigenvalue weighted by Crippen LogP contribution is -2.50. The first-order valence-electron chi connectivity index (χ1n) is 10.1. The molecule has 2 nitrogen and oxygen atoms in total. The van der Waals surface area contributed by atoms with Crippen molar-refractivity contribution in [3.63, 3.8) is 0 Å². The van der Waals surface area contributed by atoms with Crippen LogP contribution in [-0.4, -0.2) is 28.6 Å². The van der Waals surface area contributed by atoms with E-state index < -0.39 is 0 Å². The molecule has 0 amide bonds. The summed E-state index contributed by atoms with van der Waals surface area (Å²) >= 11 is 0. The molecule has 0 radical (unpaired) electrons. The van der Waals surface area contributed by atoms with Crippen molar-refractivity contribution in [2.24, 2.45) is 35.5 Å². The highest BCUT2D eigenvalue weighted by Crippen LogP contribution is 2.40. The van der Waals surface area contributed by atoms with E-state index in [1.807, 2.05) is 0 Å². The van der Waals surface area contributed by atoms with E-state index in [1.54, 1.807) is 0 Å². The third-order valence-electron chi connectivity index (χ3n) is 6.97. The third-order valence-corrected chi connectivity index (χ3v) is 6.97. The van der Waals surface area contributed by atoms with E-state index >= 15 is 0 Å². The normalized spacial score (nSPS) is 48.1. The Balaban J connectivity index is 1.66. The first kappa shape index (κ1) is 17.2. The van der Waals surface area contributed by atoms with Gasteiger partial charge in [-0.1, -0.05) is 41.5 Å².